The minimum absolute atomic E-state index is 0.0783. The van der Waals surface area contributed by atoms with Crippen LogP contribution in [0, 0.1) is 0 Å². The van der Waals surface area contributed by atoms with Crippen LogP contribution in [0.3, 0.4) is 0 Å². The smallest absolute Gasteiger partial charge is 0.408 e. The van der Waals surface area contributed by atoms with Gasteiger partial charge >= 0.3 is 6.09 Å². The molecule has 0 bridgehead atoms. The molecule has 3 aromatic rings. The van der Waals surface area contributed by atoms with Crippen molar-refractivity contribution in [1.82, 2.24) is 16.0 Å². The van der Waals surface area contributed by atoms with Crippen molar-refractivity contribution in [2.75, 3.05) is 13.7 Å². The highest BCUT2D eigenvalue weighted by Crippen LogP contribution is 2.32. The maximum absolute atomic E-state index is 13.7. The predicted molar refractivity (Wildman–Crippen MR) is 159 cm³/mol. The van der Waals surface area contributed by atoms with Crippen molar-refractivity contribution >= 4 is 17.9 Å². The van der Waals surface area contributed by atoms with Gasteiger partial charge in [-0.05, 0) is 55.5 Å². The van der Waals surface area contributed by atoms with Crippen LogP contribution in [0.1, 0.15) is 37.0 Å². The summed E-state index contributed by atoms with van der Waals surface area (Å²) >= 11 is 0. The molecule has 0 radical (unpaired) electrons. The SMILES string of the molecule is COc1ccc(C[C@H](NC(=O)C(C)NC(=O)OCc2ccccc2)C(=O)NC(Cc2ccccc2)CC2(C)CO2)cc1. The molecule has 1 saturated heterocycles. The number of carbonyl (C=O) groups is 3. The number of benzene rings is 3. The Kier molecular flexibility index (Phi) is 10.6. The van der Waals surface area contributed by atoms with Gasteiger partial charge in [-0.25, -0.2) is 4.79 Å². The Hall–Kier alpha value is -4.37. The predicted octanol–water partition coefficient (Wildman–Crippen LogP) is 3.94. The molecule has 4 atom stereocenters. The molecular weight excluding hydrogens is 534 g/mol. The van der Waals surface area contributed by atoms with E-state index in [1.807, 2.05) is 91.9 Å². The molecule has 3 aromatic carbocycles. The second-order valence-electron chi connectivity index (χ2n) is 10.9. The quantitative estimate of drug-likeness (QED) is 0.252. The van der Waals surface area contributed by atoms with Gasteiger partial charge in [0.05, 0.1) is 19.3 Å². The molecule has 9 nitrogen and oxygen atoms in total. The highest BCUT2D eigenvalue weighted by molar-refractivity contribution is 5.91. The Morgan fingerprint density at radius 3 is 2.00 bits per heavy atom. The zero-order valence-electron chi connectivity index (χ0n) is 24.3. The number of nitrogens with one attached hydrogen (secondary N) is 3. The minimum atomic E-state index is -0.932. The standard InChI is InChI=1S/C33H39N3O6/c1-23(34-32(39)41-21-26-12-8-5-9-13-26)30(37)36-29(19-25-14-16-28(40-3)17-15-25)31(38)35-27(20-33(2)22-42-33)18-24-10-6-4-7-11-24/h4-17,23,27,29H,18-22H2,1-3H3,(H,34,39)(H,35,38)(H,36,37)/t23?,27?,29-,33?/m0/s1. The monoisotopic (exact) mass is 573 g/mol. The Morgan fingerprint density at radius 2 is 1.40 bits per heavy atom. The number of carbonyl (C=O) groups excluding carboxylic acids is 3. The third kappa shape index (κ3) is 9.62. The lowest BCUT2D eigenvalue weighted by atomic mass is 9.95. The molecular formula is C33H39N3O6. The van der Waals surface area contributed by atoms with Crippen LogP contribution in [0.2, 0.25) is 0 Å². The van der Waals surface area contributed by atoms with Crippen molar-refractivity contribution < 1.29 is 28.6 Å². The molecule has 4 rings (SSSR count). The third-order valence-electron chi connectivity index (χ3n) is 7.16. The summed E-state index contributed by atoms with van der Waals surface area (Å²) in [7, 11) is 1.59. The molecule has 1 aliphatic heterocycles. The summed E-state index contributed by atoms with van der Waals surface area (Å²) in [5.41, 5.74) is 2.49. The van der Waals surface area contributed by atoms with Crippen LogP contribution >= 0.6 is 0 Å². The zero-order valence-corrected chi connectivity index (χ0v) is 24.3. The summed E-state index contributed by atoms with van der Waals surface area (Å²) in [6.45, 7) is 4.29. The molecule has 1 aliphatic rings. The largest absolute Gasteiger partial charge is 0.497 e. The third-order valence-corrected chi connectivity index (χ3v) is 7.16. The topological polar surface area (TPSA) is 118 Å². The summed E-state index contributed by atoms with van der Waals surface area (Å²) in [6.07, 6.45) is 0.791. The van der Waals surface area contributed by atoms with Gasteiger partial charge in [-0.1, -0.05) is 72.8 Å². The van der Waals surface area contributed by atoms with Crippen LogP contribution in [0.5, 0.6) is 5.75 Å². The van der Waals surface area contributed by atoms with Crippen LogP contribution in [0.4, 0.5) is 4.79 Å². The van der Waals surface area contributed by atoms with Gasteiger partial charge in [0, 0.05) is 12.5 Å². The fraction of sp³-hybridized carbons (Fsp3) is 0.364. The fourth-order valence-corrected chi connectivity index (χ4v) is 4.65. The summed E-state index contributed by atoms with van der Waals surface area (Å²) in [4.78, 5) is 39.2. The Bertz CT molecular complexity index is 1310. The number of amides is 3. The first-order chi connectivity index (χ1) is 20.2. The van der Waals surface area contributed by atoms with E-state index < -0.39 is 24.1 Å². The van der Waals surface area contributed by atoms with Crippen molar-refractivity contribution in [2.24, 2.45) is 0 Å². The molecule has 3 N–H and O–H groups in total. The van der Waals surface area contributed by atoms with Crippen molar-refractivity contribution in [3.05, 3.63) is 102 Å². The second-order valence-corrected chi connectivity index (χ2v) is 10.9. The van der Waals surface area contributed by atoms with Crippen LogP contribution in [0.25, 0.3) is 0 Å². The molecule has 0 aliphatic carbocycles. The van der Waals surface area contributed by atoms with Crippen LogP contribution < -0.4 is 20.7 Å². The van der Waals surface area contributed by atoms with Crippen molar-refractivity contribution in [3.63, 3.8) is 0 Å². The Morgan fingerprint density at radius 1 is 0.810 bits per heavy atom. The molecule has 0 spiro atoms. The highest BCUT2D eigenvalue weighted by Gasteiger charge is 2.42. The van der Waals surface area contributed by atoms with E-state index in [1.165, 1.54) is 0 Å². The summed E-state index contributed by atoms with van der Waals surface area (Å²) in [5.74, 6) is -0.128. The first kappa shape index (κ1) is 30.6. The van der Waals surface area contributed by atoms with Gasteiger partial charge < -0.3 is 30.2 Å². The number of rotatable bonds is 14. The van der Waals surface area contributed by atoms with Gasteiger partial charge in [-0.15, -0.1) is 0 Å². The summed E-state index contributed by atoms with van der Waals surface area (Å²) < 4.78 is 16.1. The van der Waals surface area contributed by atoms with E-state index in [2.05, 4.69) is 16.0 Å². The van der Waals surface area contributed by atoms with Crippen molar-refractivity contribution in [3.8, 4) is 5.75 Å². The lowest BCUT2D eigenvalue weighted by Gasteiger charge is -2.26. The lowest BCUT2D eigenvalue weighted by Crippen LogP contribution is -2.55. The van der Waals surface area contributed by atoms with Gasteiger partial charge in [0.15, 0.2) is 0 Å². The van der Waals surface area contributed by atoms with Gasteiger partial charge in [-0.2, -0.15) is 0 Å². The van der Waals surface area contributed by atoms with E-state index in [1.54, 1.807) is 14.0 Å². The van der Waals surface area contributed by atoms with Gasteiger partial charge in [-0.3, -0.25) is 9.59 Å². The van der Waals surface area contributed by atoms with E-state index in [4.69, 9.17) is 14.2 Å². The zero-order chi connectivity index (χ0) is 30.0. The number of ether oxygens (including phenoxy) is 3. The van der Waals surface area contributed by atoms with Crippen molar-refractivity contribution in [2.45, 2.75) is 63.4 Å². The van der Waals surface area contributed by atoms with Gasteiger partial charge in [0.25, 0.3) is 0 Å². The lowest BCUT2D eigenvalue weighted by molar-refractivity contribution is -0.130. The normalized spacial score (nSPS) is 17.7. The molecule has 42 heavy (non-hydrogen) atoms. The van der Waals surface area contributed by atoms with Crippen molar-refractivity contribution in [1.29, 1.82) is 0 Å². The Balaban J connectivity index is 1.42. The number of epoxide rings is 1. The summed E-state index contributed by atoms with van der Waals surface area (Å²) in [5, 5.41) is 8.54. The number of hydrogen-bond donors (Lipinski definition) is 3. The molecule has 3 unspecified atom stereocenters. The Labute approximate surface area is 246 Å². The molecule has 0 aromatic heterocycles. The second kappa shape index (κ2) is 14.5. The van der Waals surface area contributed by atoms with Gasteiger partial charge in [0.1, 0.15) is 24.4 Å². The van der Waals surface area contributed by atoms with E-state index in [9.17, 15) is 14.4 Å². The van der Waals surface area contributed by atoms with E-state index in [0.717, 1.165) is 16.7 Å². The van der Waals surface area contributed by atoms with E-state index >= 15 is 0 Å². The van der Waals surface area contributed by atoms with Crippen LogP contribution in [0.15, 0.2) is 84.9 Å². The first-order valence-corrected chi connectivity index (χ1v) is 14.1. The molecule has 222 valence electrons. The number of alkyl carbamates (subject to hydrolysis) is 1. The molecule has 3 amide bonds. The van der Waals surface area contributed by atoms with E-state index in [0.29, 0.717) is 25.2 Å². The van der Waals surface area contributed by atoms with Crippen LogP contribution in [-0.4, -0.2) is 55.4 Å². The maximum atomic E-state index is 13.7. The van der Waals surface area contributed by atoms with Gasteiger partial charge in [0.2, 0.25) is 11.8 Å². The minimum Gasteiger partial charge on any atom is -0.497 e. The highest BCUT2D eigenvalue weighted by atomic mass is 16.6. The fourth-order valence-electron chi connectivity index (χ4n) is 4.65. The molecule has 1 fully saturated rings. The summed E-state index contributed by atoms with van der Waals surface area (Å²) in [6, 6.07) is 24.5. The molecule has 0 saturated carbocycles. The average Bonchev–Trinajstić information content (AvgIpc) is 3.73. The molecule has 9 heteroatoms. The average molecular weight is 574 g/mol. The number of methoxy groups -OCH3 is 1. The first-order valence-electron chi connectivity index (χ1n) is 14.1. The molecule has 1 heterocycles. The van der Waals surface area contributed by atoms with Crippen LogP contribution in [-0.2, 0) is 38.5 Å². The number of hydrogen-bond acceptors (Lipinski definition) is 6. The van der Waals surface area contributed by atoms with E-state index in [-0.39, 0.29) is 30.6 Å². The maximum Gasteiger partial charge on any atom is 0.408 e.